The molecule has 3 saturated heterocycles. The molecule has 2 amide bonds. The van der Waals surface area contributed by atoms with Crippen molar-refractivity contribution in [3.8, 4) is 0 Å². The van der Waals surface area contributed by atoms with E-state index in [-0.39, 0.29) is 11.9 Å². The van der Waals surface area contributed by atoms with E-state index in [1.165, 1.54) is 75.4 Å². The minimum absolute atomic E-state index is 0.0428. The van der Waals surface area contributed by atoms with Crippen LogP contribution >= 0.6 is 0 Å². The molecule has 2 aromatic carbocycles. The maximum absolute atomic E-state index is 11.9. The number of carbonyl (C=O) groups excluding carboxylic acids is 2. The molecule has 2 aromatic rings. The van der Waals surface area contributed by atoms with Gasteiger partial charge in [-0.2, -0.15) is 0 Å². The van der Waals surface area contributed by atoms with Gasteiger partial charge in [-0.25, -0.2) is 0 Å². The number of aryl methyl sites for hydroxylation is 2. The lowest BCUT2D eigenvalue weighted by Crippen LogP contribution is -2.40. The quantitative estimate of drug-likeness (QED) is 0.248. The standard InChI is InChI=1S/C14H20N4O.C8H10.C7H11NO.C5H11N/c1-16-12-5-4-10(7-11(12)8-15)9-18-14(19)13-3-2-6-17-13;1-7-3-5-8(2)6-4-7;9-6-8-5-1-2-7(8)3-4-7;1-2-4-6-5-3-1/h4-5,7-8,13,15-17H,2-3,6,9H2,1H3,(H,18,19);3-6H,1-2H3;6H,1-5H2;6H,1-5H2. The Morgan fingerprint density at radius 2 is 1.67 bits per heavy atom. The van der Waals surface area contributed by atoms with Crippen LogP contribution in [0.3, 0.4) is 0 Å². The molecule has 4 fully saturated rings. The summed E-state index contributed by atoms with van der Waals surface area (Å²) in [5.74, 6) is 0.0617. The van der Waals surface area contributed by atoms with Crippen molar-refractivity contribution >= 4 is 24.2 Å². The molecule has 1 atom stereocenters. The summed E-state index contributed by atoms with van der Waals surface area (Å²) in [6.07, 6.45) is 13.5. The highest BCUT2D eigenvalue weighted by atomic mass is 16.2. The minimum atomic E-state index is -0.0428. The Hall–Kier alpha value is -3.23. The lowest BCUT2D eigenvalue weighted by atomic mass is 10.1. The molecule has 4 aliphatic rings. The van der Waals surface area contributed by atoms with Gasteiger partial charge in [-0.3, -0.25) is 9.59 Å². The highest BCUT2D eigenvalue weighted by molar-refractivity contribution is 5.86. The van der Waals surface area contributed by atoms with Crippen LogP contribution in [0.4, 0.5) is 5.69 Å². The Kier molecular flexibility index (Phi) is 14.0. The molecule has 1 spiro atoms. The zero-order valence-electron chi connectivity index (χ0n) is 25.9. The van der Waals surface area contributed by atoms with E-state index in [4.69, 9.17) is 5.41 Å². The average molecular weight is 577 g/mol. The third-order valence-corrected chi connectivity index (χ3v) is 8.41. The minimum Gasteiger partial charge on any atom is -0.388 e. The predicted octanol–water partition coefficient (Wildman–Crippen LogP) is 4.93. The molecule has 5 N–H and O–H groups in total. The maximum atomic E-state index is 11.9. The number of anilines is 1. The summed E-state index contributed by atoms with van der Waals surface area (Å²) in [6.45, 7) is 9.12. The Morgan fingerprint density at radius 1 is 0.976 bits per heavy atom. The zero-order chi connectivity index (χ0) is 30.2. The second kappa shape index (κ2) is 17.7. The third-order valence-electron chi connectivity index (χ3n) is 8.41. The highest BCUT2D eigenvalue weighted by Gasteiger charge is 2.50. The van der Waals surface area contributed by atoms with Crippen molar-refractivity contribution in [2.75, 3.05) is 38.5 Å². The maximum Gasteiger partial charge on any atom is 0.237 e. The SMILES string of the molecule is C1CCNCC1.CNc1ccc(CNC(=O)C2CCCN2)cc1C=N.Cc1ccc(C)cc1.O=CN1CCCC12CC2. The van der Waals surface area contributed by atoms with Crippen molar-refractivity contribution in [3.05, 3.63) is 64.7 Å². The number of likely N-dealkylation sites (tertiary alicyclic amines) is 1. The van der Waals surface area contributed by atoms with Crippen LogP contribution in [-0.4, -0.2) is 68.2 Å². The molecule has 8 heteroatoms. The predicted molar refractivity (Wildman–Crippen MR) is 173 cm³/mol. The first-order valence-corrected chi connectivity index (χ1v) is 15.7. The summed E-state index contributed by atoms with van der Waals surface area (Å²) in [5, 5.41) is 19.8. The van der Waals surface area contributed by atoms with Crippen molar-refractivity contribution in [2.45, 2.75) is 89.8 Å². The summed E-state index contributed by atoms with van der Waals surface area (Å²) >= 11 is 0. The molecule has 1 unspecified atom stereocenters. The van der Waals surface area contributed by atoms with Crippen LogP contribution in [0.2, 0.25) is 0 Å². The van der Waals surface area contributed by atoms with Crippen LogP contribution in [0, 0.1) is 19.3 Å². The lowest BCUT2D eigenvalue weighted by molar-refractivity contribution is -0.123. The average Bonchev–Trinajstić information content (AvgIpc) is 3.41. The number of piperidine rings is 1. The van der Waals surface area contributed by atoms with Gasteiger partial charge in [0.15, 0.2) is 0 Å². The van der Waals surface area contributed by atoms with E-state index in [1.807, 2.05) is 30.1 Å². The number of nitrogens with one attached hydrogen (secondary N) is 5. The fourth-order valence-electron chi connectivity index (χ4n) is 5.53. The number of carbonyl (C=O) groups is 2. The Balaban J connectivity index is 0.000000173. The number of nitrogens with zero attached hydrogens (tertiary/aromatic N) is 1. The van der Waals surface area contributed by atoms with Gasteiger partial charge in [-0.05, 0) is 103 Å². The van der Waals surface area contributed by atoms with Gasteiger partial charge in [-0.15, -0.1) is 0 Å². The van der Waals surface area contributed by atoms with E-state index >= 15 is 0 Å². The van der Waals surface area contributed by atoms with E-state index in [0.29, 0.717) is 12.1 Å². The fraction of sp³-hybridized carbons (Fsp3) is 0.559. The molecule has 0 radical (unpaired) electrons. The number of amides is 2. The van der Waals surface area contributed by atoms with Crippen LogP contribution in [0.25, 0.3) is 0 Å². The molecule has 3 aliphatic heterocycles. The van der Waals surface area contributed by atoms with Crippen molar-refractivity contribution in [2.24, 2.45) is 0 Å². The molecular formula is C34H52N6O2. The lowest BCUT2D eigenvalue weighted by Gasteiger charge is -2.17. The first-order chi connectivity index (χ1) is 20.4. The summed E-state index contributed by atoms with van der Waals surface area (Å²) in [7, 11) is 1.83. The van der Waals surface area contributed by atoms with Gasteiger partial charge >= 0.3 is 0 Å². The first kappa shape index (κ1) is 33.3. The van der Waals surface area contributed by atoms with Crippen LogP contribution in [0.5, 0.6) is 0 Å². The van der Waals surface area contributed by atoms with Crippen LogP contribution < -0.4 is 21.3 Å². The molecule has 8 nitrogen and oxygen atoms in total. The molecule has 0 aromatic heterocycles. The van der Waals surface area contributed by atoms with Crippen molar-refractivity contribution in [1.82, 2.24) is 20.9 Å². The second-order valence-electron chi connectivity index (χ2n) is 11.8. The van der Waals surface area contributed by atoms with Crippen LogP contribution in [0.1, 0.15) is 80.0 Å². The highest BCUT2D eigenvalue weighted by Crippen LogP contribution is 2.48. The van der Waals surface area contributed by atoms with Crippen molar-refractivity contribution in [1.29, 1.82) is 5.41 Å². The Bertz CT molecular complexity index is 1070. The van der Waals surface area contributed by atoms with E-state index in [1.54, 1.807) is 0 Å². The topological polar surface area (TPSA) is 109 Å². The van der Waals surface area contributed by atoms with E-state index in [9.17, 15) is 9.59 Å². The van der Waals surface area contributed by atoms with Gasteiger partial charge < -0.3 is 31.6 Å². The molecule has 3 heterocycles. The third kappa shape index (κ3) is 10.9. The molecule has 0 bridgehead atoms. The smallest absolute Gasteiger partial charge is 0.237 e. The van der Waals surface area contributed by atoms with Crippen molar-refractivity contribution < 1.29 is 9.59 Å². The van der Waals surface area contributed by atoms with Crippen LogP contribution in [-0.2, 0) is 16.1 Å². The van der Waals surface area contributed by atoms with Gasteiger partial charge in [0.05, 0.1) is 6.04 Å². The van der Waals surface area contributed by atoms with Crippen molar-refractivity contribution in [3.63, 3.8) is 0 Å². The normalized spacial score (nSPS) is 19.6. The molecule has 1 saturated carbocycles. The van der Waals surface area contributed by atoms with Crippen LogP contribution in [0.15, 0.2) is 42.5 Å². The molecule has 1 aliphatic carbocycles. The molecule has 42 heavy (non-hydrogen) atoms. The van der Waals surface area contributed by atoms with Gasteiger partial charge in [0.25, 0.3) is 0 Å². The second-order valence-corrected chi connectivity index (χ2v) is 11.8. The summed E-state index contributed by atoms with van der Waals surface area (Å²) < 4.78 is 0. The Morgan fingerprint density at radius 3 is 2.12 bits per heavy atom. The Labute approximate surface area is 252 Å². The van der Waals surface area contributed by atoms with E-state index in [2.05, 4.69) is 59.4 Å². The zero-order valence-corrected chi connectivity index (χ0v) is 25.9. The largest absolute Gasteiger partial charge is 0.388 e. The fourth-order valence-corrected chi connectivity index (χ4v) is 5.53. The molecular weight excluding hydrogens is 524 g/mol. The summed E-state index contributed by atoms with van der Waals surface area (Å²) in [5.41, 5.74) is 5.78. The summed E-state index contributed by atoms with van der Waals surface area (Å²) in [6, 6.07) is 14.2. The molecule has 230 valence electrons. The van der Waals surface area contributed by atoms with Gasteiger partial charge in [-0.1, -0.05) is 47.9 Å². The molecule has 6 rings (SSSR count). The first-order valence-electron chi connectivity index (χ1n) is 15.7. The van der Waals surface area contributed by atoms with Gasteiger partial charge in [0.1, 0.15) is 0 Å². The summed E-state index contributed by atoms with van der Waals surface area (Å²) in [4.78, 5) is 24.2. The van der Waals surface area contributed by atoms with Gasteiger partial charge in [0, 0.05) is 43.1 Å². The number of rotatable bonds is 6. The van der Waals surface area contributed by atoms with E-state index in [0.717, 1.165) is 49.2 Å². The number of benzene rings is 2. The number of hydrogen-bond acceptors (Lipinski definition) is 6. The monoisotopic (exact) mass is 576 g/mol. The van der Waals surface area contributed by atoms with Gasteiger partial charge in [0.2, 0.25) is 12.3 Å². The number of hydrogen-bond donors (Lipinski definition) is 5. The van der Waals surface area contributed by atoms with E-state index < -0.39 is 0 Å².